The fourth-order valence-electron chi connectivity index (χ4n) is 5.80. The topological polar surface area (TPSA) is 103 Å². The number of H-pyrrole nitrogens is 1. The number of hydrazone groups is 2. The molecule has 254 valence electrons. The predicted octanol–water partition coefficient (Wildman–Crippen LogP) is 8.88. The van der Waals surface area contributed by atoms with Gasteiger partial charge in [0.1, 0.15) is 0 Å². The van der Waals surface area contributed by atoms with Crippen molar-refractivity contribution in [3.05, 3.63) is 194 Å². The van der Waals surface area contributed by atoms with Crippen LogP contribution in [0.2, 0.25) is 0 Å². The number of carbonyl (C=O) groups excluding carboxylic acids is 2. The van der Waals surface area contributed by atoms with E-state index in [1.807, 2.05) is 151 Å². The SMILES string of the molecule is Cc1[nH]n(-c2ccccc2)c(=O)c1/C=N/N(c1ccccc1)c1ccccc1.O=C1c2cccc3cccc(c23)C(=O)N1/N=C/c1ccc(Br)cc1. The number of hydrogen-bond acceptors (Lipinski definition) is 6. The molecule has 0 fully saturated rings. The van der Waals surface area contributed by atoms with Crippen LogP contribution in [0.3, 0.4) is 0 Å². The van der Waals surface area contributed by atoms with Crippen molar-refractivity contribution in [2.75, 3.05) is 5.01 Å². The van der Waals surface area contributed by atoms with Crippen LogP contribution in [-0.4, -0.2) is 39.0 Å². The van der Waals surface area contributed by atoms with E-state index >= 15 is 0 Å². The van der Waals surface area contributed by atoms with E-state index in [2.05, 4.69) is 31.2 Å². The van der Waals surface area contributed by atoms with E-state index in [4.69, 9.17) is 0 Å². The van der Waals surface area contributed by atoms with Gasteiger partial charge in [0.2, 0.25) is 0 Å². The van der Waals surface area contributed by atoms with E-state index in [0.29, 0.717) is 22.1 Å². The van der Waals surface area contributed by atoms with E-state index in [1.165, 1.54) is 10.9 Å². The molecule has 0 radical (unpaired) electrons. The number of amides is 2. The molecule has 0 spiro atoms. The highest BCUT2D eigenvalue weighted by Gasteiger charge is 2.32. The van der Waals surface area contributed by atoms with Crippen LogP contribution in [0.5, 0.6) is 0 Å². The Morgan fingerprint density at radius 1 is 0.635 bits per heavy atom. The number of rotatable bonds is 7. The molecule has 6 aromatic carbocycles. The molecule has 2 heterocycles. The van der Waals surface area contributed by atoms with Gasteiger partial charge in [-0.2, -0.15) is 15.2 Å². The van der Waals surface area contributed by atoms with Crippen LogP contribution in [0.25, 0.3) is 16.5 Å². The Bertz CT molecular complexity index is 2400. The second-order valence-corrected chi connectivity index (χ2v) is 12.7. The third-order valence-corrected chi connectivity index (χ3v) is 8.91. The maximum Gasteiger partial charge on any atom is 0.282 e. The van der Waals surface area contributed by atoms with Crippen molar-refractivity contribution in [3.8, 4) is 5.69 Å². The average molecular weight is 748 g/mol. The number of hydrogen-bond donors (Lipinski definition) is 1. The normalized spacial score (nSPS) is 12.4. The van der Waals surface area contributed by atoms with E-state index in [0.717, 1.165) is 43.2 Å². The first-order valence-corrected chi connectivity index (χ1v) is 17.2. The van der Waals surface area contributed by atoms with Gasteiger partial charge in [0.25, 0.3) is 17.4 Å². The quantitative estimate of drug-likeness (QED) is 0.100. The van der Waals surface area contributed by atoms with Crippen LogP contribution < -0.4 is 10.6 Å². The number of aromatic amines is 1. The van der Waals surface area contributed by atoms with Crippen molar-refractivity contribution in [1.82, 2.24) is 14.8 Å². The fraction of sp³-hybridized carbons (Fsp3) is 0.0238. The van der Waals surface area contributed by atoms with Crippen LogP contribution in [0.1, 0.15) is 37.5 Å². The smallest absolute Gasteiger partial charge is 0.282 e. The number of imide groups is 1. The Labute approximate surface area is 307 Å². The minimum Gasteiger partial charge on any atom is -0.295 e. The third-order valence-electron chi connectivity index (χ3n) is 8.38. The zero-order valence-corrected chi connectivity index (χ0v) is 29.5. The number of nitrogens with one attached hydrogen (secondary N) is 1. The predicted molar refractivity (Wildman–Crippen MR) is 210 cm³/mol. The highest BCUT2D eigenvalue weighted by atomic mass is 79.9. The Hall–Kier alpha value is -6.65. The molecule has 0 unspecified atom stereocenters. The molecule has 0 bridgehead atoms. The van der Waals surface area contributed by atoms with Crippen molar-refractivity contribution in [1.29, 1.82) is 0 Å². The van der Waals surface area contributed by atoms with Gasteiger partial charge >= 0.3 is 0 Å². The molecule has 9 nitrogen and oxygen atoms in total. The third kappa shape index (κ3) is 7.01. The Morgan fingerprint density at radius 2 is 1.17 bits per heavy atom. The summed E-state index contributed by atoms with van der Waals surface area (Å²) in [6, 6.07) is 47.5. The first-order chi connectivity index (χ1) is 25.4. The molecule has 1 aliphatic heterocycles. The monoisotopic (exact) mass is 746 g/mol. The largest absolute Gasteiger partial charge is 0.295 e. The summed E-state index contributed by atoms with van der Waals surface area (Å²) in [4.78, 5) is 38.2. The van der Waals surface area contributed by atoms with Gasteiger partial charge in [0.05, 0.1) is 46.2 Å². The summed E-state index contributed by atoms with van der Waals surface area (Å²) in [6.45, 7) is 1.87. The van der Waals surface area contributed by atoms with Gasteiger partial charge in [-0.3, -0.25) is 19.5 Å². The van der Waals surface area contributed by atoms with Crippen LogP contribution >= 0.6 is 15.9 Å². The molecule has 0 saturated heterocycles. The first kappa shape index (κ1) is 33.8. The number of para-hydroxylation sites is 3. The van der Waals surface area contributed by atoms with Gasteiger partial charge in [-0.05, 0) is 78.5 Å². The second-order valence-electron chi connectivity index (χ2n) is 11.8. The summed E-state index contributed by atoms with van der Waals surface area (Å²) in [5.41, 5.74) is 5.58. The summed E-state index contributed by atoms with van der Waals surface area (Å²) in [5, 5.41) is 16.2. The van der Waals surface area contributed by atoms with Gasteiger partial charge in [0.15, 0.2) is 0 Å². The highest BCUT2D eigenvalue weighted by molar-refractivity contribution is 9.10. The van der Waals surface area contributed by atoms with Crippen molar-refractivity contribution >= 4 is 62.3 Å². The molecule has 0 atom stereocenters. The zero-order valence-electron chi connectivity index (χ0n) is 27.9. The number of halogens is 1. The van der Waals surface area contributed by atoms with Crippen molar-refractivity contribution in [2.24, 2.45) is 10.2 Å². The van der Waals surface area contributed by atoms with Crippen LogP contribution in [0.4, 0.5) is 11.4 Å². The maximum atomic E-state index is 12.9. The number of aryl methyl sites for hydroxylation is 1. The van der Waals surface area contributed by atoms with Gasteiger partial charge in [-0.1, -0.05) is 107 Å². The molecule has 1 aliphatic rings. The number of benzene rings is 6. The van der Waals surface area contributed by atoms with Crippen LogP contribution in [0, 0.1) is 6.92 Å². The highest BCUT2D eigenvalue weighted by Crippen LogP contribution is 2.30. The first-order valence-electron chi connectivity index (χ1n) is 16.4. The van der Waals surface area contributed by atoms with E-state index in [1.54, 1.807) is 18.3 Å². The molecule has 8 rings (SSSR count). The molecule has 1 N–H and O–H groups in total. The molecule has 52 heavy (non-hydrogen) atoms. The Kier molecular flexibility index (Phi) is 9.81. The minimum atomic E-state index is -0.405. The fourth-order valence-corrected chi connectivity index (χ4v) is 6.07. The lowest BCUT2D eigenvalue weighted by molar-refractivity contribution is 0.0616. The summed E-state index contributed by atoms with van der Waals surface area (Å²) < 4.78 is 2.48. The zero-order chi connectivity index (χ0) is 36.0. The molecule has 0 saturated carbocycles. The van der Waals surface area contributed by atoms with Gasteiger partial charge in [0, 0.05) is 15.6 Å². The summed E-state index contributed by atoms with van der Waals surface area (Å²) >= 11 is 3.36. The van der Waals surface area contributed by atoms with Gasteiger partial charge in [-0.25, -0.2) is 9.69 Å². The average Bonchev–Trinajstić information content (AvgIpc) is 3.48. The van der Waals surface area contributed by atoms with Crippen LogP contribution in [0.15, 0.2) is 171 Å². The lowest BCUT2D eigenvalue weighted by Crippen LogP contribution is -2.36. The van der Waals surface area contributed by atoms with E-state index in [9.17, 15) is 14.4 Å². The minimum absolute atomic E-state index is 0.131. The van der Waals surface area contributed by atoms with Crippen molar-refractivity contribution in [2.45, 2.75) is 6.92 Å². The summed E-state index contributed by atoms with van der Waals surface area (Å²) in [7, 11) is 0. The second kappa shape index (κ2) is 15.1. The van der Waals surface area contributed by atoms with Gasteiger partial charge in [-0.15, -0.1) is 0 Å². The standard InChI is InChI=1S/C23H20N4O.C19H11BrN2O2/c1-18-22(23(28)27(25-18)21-15-9-4-10-16-21)17-24-26(19-11-5-2-6-12-19)20-13-7-3-8-14-20;20-14-9-7-12(8-10-14)11-21-22-18(23)15-5-1-3-13-4-2-6-16(17(13)15)19(22)24/h2-17,25H,1H3;1-11H/b24-17+;21-11+. The molecule has 0 aliphatic carbocycles. The summed E-state index contributed by atoms with van der Waals surface area (Å²) in [5.74, 6) is -0.810. The molecule has 10 heteroatoms. The van der Waals surface area contributed by atoms with Crippen LogP contribution in [-0.2, 0) is 0 Å². The molecule has 2 amide bonds. The molecular weight excluding hydrogens is 716 g/mol. The molecule has 7 aromatic rings. The lowest BCUT2D eigenvalue weighted by atomic mass is 9.95. The number of nitrogens with zero attached hydrogens (tertiary/aromatic N) is 5. The number of anilines is 2. The Morgan fingerprint density at radius 3 is 1.73 bits per heavy atom. The van der Waals surface area contributed by atoms with E-state index < -0.39 is 11.8 Å². The number of aromatic nitrogens is 2. The molecule has 1 aromatic heterocycles. The summed E-state index contributed by atoms with van der Waals surface area (Å²) in [6.07, 6.45) is 3.13. The number of carbonyl (C=O) groups is 2. The Balaban J connectivity index is 0.000000164. The van der Waals surface area contributed by atoms with Crippen molar-refractivity contribution in [3.63, 3.8) is 0 Å². The maximum absolute atomic E-state index is 12.9. The van der Waals surface area contributed by atoms with Gasteiger partial charge < -0.3 is 0 Å². The van der Waals surface area contributed by atoms with E-state index in [-0.39, 0.29) is 5.56 Å². The molecular formula is C42H31BrN6O3. The lowest BCUT2D eigenvalue weighted by Gasteiger charge is -2.22. The van der Waals surface area contributed by atoms with Crippen molar-refractivity contribution < 1.29 is 9.59 Å².